The maximum Gasteiger partial charge on any atom is 0.302 e. The molecule has 0 amide bonds. The number of ketones is 1. The van der Waals surface area contributed by atoms with E-state index in [0.29, 0.717) is 30.1 Å². The largest absolute Gasteiger partial charge is 0.465 e. The summed E-state index contributed by atoms with van der Waals surface area (Å²) in [6.07, 6.45) is 11.4. The molecule has 3 nitrogen and oxygen atoms in total. The molecule has 0 aliphatic heterocycles. The molecular formula is C22H32O3. The van der Waals surface area contributed by atoms with Gasteiger partial charge in [-0.25, -0.2) is 0 Å². The highest BCUT2D eigenvalue weighted by atomic mass is 16.5. The van der Waals surface area contributed by atoms with Crippen LogP contribution in [0.25, 0.3) is 0 Å². The third-order valence-corrected chi connectivity index (χ3v) is 8.67. The molecule has 25 heavy (non-hydrogen) atoms. The van der Waals surface area contributed by atoms with E-state index in [9.17, 15) is 9.59 Å². The first-order valence-corrected chi connectivity index (χ1v) is 10.2. The van der Waals surface area contributed by atoms with E-state index in [1.807, 2.05) is 6.08 Å². The zero-order chi connectivity index (χ0) is 17.8. The summed E-state index contributed by atoms with van der Waals surface area (Å²) in [5.74, 6) is 2.87. The highest BCUT2D eigenvalue weighted by molar-refractivity contribution is 5.91. The summed E-state index contributed by atoms with van der Waals surface area (Å²) in [7, 11) is 0. The monoisotopic (exact) mass is 344 g/mol. The fourth-order valence-corrected chi connectivity index (χ4v) is 7.35. The molecule has 3 fully saturated rings. The predicted octanol–water partition coefficient (Wildman–Crippen LogP) is 4.70. The van der Waals surface area contributed by atoms with Crippen molar-refractivity contribution >= 4 is 11.8 Å². The average Bonchev–Trinajstić information content (AvgIpc) is 2.99. The van der Waals surface area contributed by atoms with E-state index >= 15 is 0 Å². The molecule has 6 atom stereocenters. The van der Waals surface area contributed by atoms with Crippen LogP contribution in [0.1, 0.15) is 72.1 Å². The Hall–Kier alpha value is -1.12. The molecule has 0 aromatic heterocycles. The van der Waals surface area contributed by atoms with Gasteiger partial charge in [-0.3, -0.25) is 9.59 Å². The van der Waals surface area contributed by atoms with Crippen LogP contribution in [0.3, 0.4) is 0 Å². The Bertz CT molecular complexity index is 621. The van der Waals surface area contributed by atoms with E-state index in [0.717, 1.165) is 12.3 Å². The van der Waals surface area contributed by atoms with Crippen molar-refractivity contribution in [3.8, 4) is 0 Å². The molecule has 3 heteroatoms. The Kier molecular flexibility index (Phi) is 4.12. The summed E-state index contributed by atoms with van der Waals surface area (Å²) in [4.78, 5) is 23.5. The Balaban J connectivity index is 1.63. The summed E-state index contributed by atoms with van der Waals surface area (Å²) in [5, 5.41) is 0. The number of allylic oxidation sites excluding steroid dienone is 2. The van der Waals surface area contributed by atoms with Crippen molar-refractivity contribution in [2.24, 2.45) is 34.5 Å². The standard InChI is InChI=1S/C22H32O3/c1-14-11-17(24)12-16-6-7-18-19(21(14,16)3)8-10-22(13-25-15(2)23)9-4-5-20(18)22/h11,16,18-20H,4-10,12-13H2,1-3H3/t16-,18+,19-,20-,21-,22-/m0/s1. The predicted molar refractivity (Wildman–Crippen MR) is 96.8 cm³/mol. The highest BCUT2D eigenvalue weighted by Crippen LogP contribution is 2.66. The quantitative estimate of drug-likeness (QED) is 0.682. The Morgan fingerprint density at radius 2 is 2.00 bits per heavy atom. The van der Waals surface area contributed by atoms with Crippen molar-refractivity contribution in [1.29, 1.82) is 0 Å². The van der Waals surface area contributed by atoms with Crippen LogP contribution in [-0.2, 0) is 14.3 Å². The maximum absolute atomic E-state index is 12.1. The smallest absolute Gasteiger partial charge is 0.302 e. The minimum absolute atomic E-state index is 0.137. The van der Waals surface area contributed by atoms with Crippen molar-refractivity contribution < 1.29 is 14.3 Å². The van der Waals surface area contributed by atoms with Crippen LogP contribution >= 0.6 is 0 Å². The second-order valence-electron chi connectivity index (χ2n) is 9.51. The summed E-state index contributed by atoms with van der Waals surface area (Å²) < 4.78 is 5.54. The van der Waals surface area contributed by atoms with E-state index in [2.05, 4.69) is 13.8 Å². The zero-order valence-corrected chi connectivity index (χ0v) is 16.0. The first-order chi connectivity index (χ1) is 11.9. The number of esters is 1. The van der Waals surface area contributed by atoms with Gasteiger partial charge in [0.05, 0.1) is 6.61 Å². The molecule has 0 unspecified atom stereocenters. The molecule has 0 N–H and O–H groups in total. The second kappa shape index (κ2) is 5.96. The minimum Gasteiger partial charge on any atom is -0.465 e. The third-order valence-electron chi connectivity index (χ3n) is 8.67. The fraction of sp³-hybridized carbons (Fsp3) is 0.818. The van der Waals surface area contributed by atoms with Gasteiger partial charge in [0.2, 0.25) is 0 Å². The molecular weight excluding hydrogens is 312 g/mol. The van der Waals surface area contributed by atoms with Crippen LogP contribution in [0.4, 0.5) is 0 Å². The van der Waals surface area contributed by atoms with Gasteiger partial charge >= 0.3 is 5.97 Å². The second-order valence-corrected chi connectivity index (χ2v) is 9.51. The Labute approximate surface area is 151 Å². The van der Waals surface area contributed by atoms with Gasteiger partial charge in [-0.1, -0.05) is 18.9 Å². The van der Waals surface area contributed by atoms with Crippen molar-refractivity contribution in [3.63, 3.8) is 0 Å². The van der Waals surface area contributed by atoms with E-state index in [-0.39, 0.29) is 16.8 Å². The maximum atomic E-state index is 12.1. The van der Waals surface area contributed by atoms with E-state index in [1.54, 1.807) is 0 Å². The van der Waals surface area contributed by atoms with Gasteiger partial charge < -0.3 is 4.74 Å². The molecule has 0 radical (unpaired) electrons. The van der Waals surface area contributed by atoms with E-state index in [4.69, 9.17) is 4.74 Å². The van der Waals surface area contributed by atoms with Crippen molar-refractivity contribution in [3.05, 3.63) is 11.6 Å². The molecule has 3 saturated carbocycles. The first kappa shape index (κ1) is 17.3. The molecule has 0 heterocycles. The number of hydrogen-bond acceptors (Lipinski definition) is 3. The number of fused-ring (bicyclic) bond motifs is 5. The van der Waals surface area contributed by atoms with Gasteiger partial charge in [0.15, 0.2) is 5.78 Å². The minimum atomic E-state index is -0.137. The van der Waals surface area contributed by atoms with Crippen LogP contribution in [0.5, 0.6) is 0 Å². The lowest BCUT2D eigenvalue weighted by Crippen LogP contribution is -2.54. The SMILES string of the molecule is CC(=O)OC[C@@]12CCC[C@H]1[C@@H]1CC[C@H]3CC(=O)C=C(C)[C@]3(C)[C@H]1CC2. The van der Waals surface area contributed by atoms with Gasteiger partial charge in [-0.2, -0.15) is 0 Å². The molecule has 0 bridgehead atoms. The number of rotatable bonds is 2. The van der Waals surface area contributed by atoms with Gasteiger partial charge in [0.25, 0.3) is 0 Å². The summed E-state index contributed by atoms with van der Waals surface area (Å²) in [6, 6.07) is 0. The lowest BCUT2D eigenvalue weighted by molar-refractivity contribution is -0.151. The Morgan fingerprint density at radius 1 is 1.20 bits per heavy atom. The molecule has 0 aromatic carbocycles. The van der Waals surface area contributed by atoms with Crippen LogP contribution in [0, 0.1) is 34.5 Å². The highest BCUT2D eigenvalue weighted by Gasteiger charge is 2.59. The Morgan fingerprint density at radius 3 is 2.76 bits per heavy atom. The lowest BCUT2D eigenvalue weighted by Gasteiger charge is -2.60. The molecule has 4 aliphatic carbocycles. The average molecular weight is 344 g/mol. The van der Waals surface area contributed by atoms with Gasteiger partial charge in [0, 0.05) is 18.8 Å². The van der Waals surface area contributed by atoms with Gasteiger partial charge in [-0.15, -0.1) is 0 Å². The van der Waals surface area contributed by atoms with Crippen LogP contribution in [-0.4, -0.2) is 18.4 Å². The summed E-state index contributed by atoms with van der Waals surface area (Å²) >= 11 is 0. The molecule has 4 aliphatic rings. The molecule has 138 valence electrons. The topological polar surface area (TPSA) is 43.4 Å². The molecule has 0 spiro atoms. The van der Waals surface area contributed by atoms with Crippen molar-refractivity contribution in [2.45, 2.75) is 72.1 Å². The molecule has 0 saturated heterocycles. The van der Waals surface area contributed by atoms with E-state index < -0.39 is 0 Å². The number of carbonyl (C=O) groups is 2. The lowest BCUT2D eigenvalue weighted by atomic mass is 9.45. The van der Waals surface area contributed by atoms with Crippen LogP contribution in [0.15, 0.2) is 11.6 Å². The molecule has 4 rings (SSSR count). The van der Waals surface area contributed by atoms with Crippen molar-refractivity contribution in [1.82, 2.24) is 0 Å². The first-order valence-electron chi connectivity index (χ1n) is 10.2. The number of ether oxygens (including phenoxy) is 1. The third kappa shape index (κ3) is 2.52. The summed E-state index contributed by atoms with van der Waals surface area (Å²) in [5.41, 5.74) is 1.76. The molecule has 0 aromatic rings. The van der Waals surface area contributed by atoms with Crippen LogP contribution < -0.4 is 0 Å². The fourth-order valence-electron chi connectivity index (χ4n) is 7.35. The number of carbonyl (C=O) groups excluding carboxylic acids is 2. The van der Waals surface area contributed by atoms with Crippen LogP contribution in [0.2, 0.25) is 0 Å². The zero-order valence-electron chi connectivity index (χ0n) is 16.0. The van der Waals surface area contributed by atoms with Gasteiger partial charge in [0.1, 0.15) is 0 Å². The van der Waals surface area contributed by atoms with Gasteiger partial charge in [-0.05, 0) is 80.6 Å². The normalized spacial score (nSPS) is 45.9. The summed E-state index contributed by atoms with van der Waals surface area (Å²) in [6.45, 7) is 6.80. The number of hydrogen-bond donors (Lipinski definition) is 0. The van der Waals surface area contributed by atoms with Crippen molar-refractivity contribution in [2.75, 3.05) is 6.61 Å². The van der Waals surface area contributed by atoms with E-state index in [1.165, 1.54) is 57.4 Å².